The Balaban J connectivity index is 2.12. The van der Waals surface area contributed by atoms with Crippen LogP contribution in [0.25, 0.3) is 0 Å². The Hall–Kier alpha value is -1.91. The van der Waals surface area contributed by atoms with Crippen molar-refractivity contribution in [3.8, 4) is 6.07 Å². The van der Waals surface area contributed by atoms with Crippen molar-refractivity contribution < 1.29 is 13.3 Å². The zero-order valence-electron chi connectivity index (χ0n) is 10.8. The van der Waals surface area contributed by atoms with Gasteiger partial charge in [-0.3, -0.25) is 4.84 Å². The van der Waals surface area contributed by atoms with Gasteiger partial charge in [-0.15, -0.1) is 0 Å². The lowest BCUT2D eigenvalue weighted by Gasteiger charge is -2.09. The molecule has 0 saturated carbocycles. The summed E-state index contributed by atoms with van der Waals surface area (Å²) >= 11 is 5.77. The van der Waals surface area contributed by atoms with Gasteiger partial charge in [0.05, 0.1) is 12.2 Å². The minimum absolute atomic E-state index is 0.00443. The van der Waals surface area contributed by atoms with Gasteiger partial charge < -0.3 is 0 Å². The van der Waals surface area contributed by atoms with Crippen LogP contribution in [0.3, 0.4) is 0 Å². The molecule has 108 valence electrons. The molecule has 0 bridgehead atoms. The molecule has 0 atom stereocenters. The predicted octanol–water partition coefficient (Wildman–Crippen LogP) is 2.62. The maximum atomic E-state index is 12.1. The van der Waals surface area contributed by atoms with Crippen molar-refractivity contribution in [1.82, 2.24) is 4.89 Å². The molecule has 0 amide bonds. The van der Waals surface area contributed by atoms with E-state index in [0.29, 0.717) is 0 Å². The number of sulfonamides is 1. The standard InChI is InChI=1S/C14H11ClN2O3S/c15-13-7-6-12(9-16)14(8-13)21(18,19)17-20-10-11-4-2-1-3-5-11/h1-8,17H,10H2. The molecular formula is C14H11ClN2O3S. The summed E-state index contributed by atoms with van der Waals surface area (Å²) in [5.74, 6) is 0. The van der Waals surface area contributed by atoms with Crippen molar-refractivity contribution in [3.63, 3.8) is 0 Å². The van der Waals surface area contributed by atoms with Crippen molar-refractivity contribution in [2.45, 2.75) is 11.5 Å². The first kappa shape index (κ1) is 15.5. The summed E-state index contributed by atoms with van der Waals surface area (Å²) < 4.78 is 24.2. The number of hydrogen-bond acceptors (Lipinski definition) is 4. The van der Waals surface area contributed by atoms with Gasteiger partial charge in [0.25, 0.3) is 10.0 Å². The first-order valence-corrected chi connectivity index (χ1v) is 7.76. The molecule has 2 aromatic rings. The predicted molar refractivity (Wildman–Crippen MR) is 77.7 cm³/mol. The second kappa shape index (κ2) is 6.70. The summed E-state index contributed by atoms with van der Waals surface area (Å²) in [6.45, 7) is 0.0719. The third kappa shape index (κ3) is 4.03. The number of nitrogens with one attached hydrogen (secondary N) is 1. The molecule has 0 aromatic heterocycles. The van der Waals surface area contributed by atoms with Crippen LogP contribution in [0.5, 0.6) is 0 Å². The number of nitrogens with zero attached hydrogens (tertiary/aromatic N) is 1. The molecular weight excluding hydrogens is 312 g/mol. The van der Waals surface area contributed by atoms with Gasteiger partial charge in [0, 0.05) is 5.02 Å². The zero-order chi connectivity index (χ0) is 15.3. The summed E-state index contributed by atoms with van der Waals surface area (Å²) in [5.41, 5.74) is 0.807. The monoisotopic (exact) mass is 322 g/mol. The molecule has 0 unspecified atom stereocenters. The number of benzene rings is 2. The third-order valence-electron chi connectivity index (χ3n) is 2.60. The Morgan fingerprint density at radius 3 is 2.57 bits per heavy atom. The van der Waals surface area contributed by atoms with Gasteiger partial charge in [0.2, 0.25) is 0 Å². The Bertz CT molecular complexity index is 771. The molecule has 0 aliphatic rings. The highest BCUT2D eigenvalue weighted by Crippen LogP contribution is 2.20. The number of halogens is 1. The Morgan fingerprint density at radius 2 is 1.90 bits per heavy atom. The molecule has 21 heavy (non-hydrogen) atoms. The highest BCUT2D eigenvalue weighted by Gasteiger charge is 2.19. The van der Waals surface area contributed by atoms with Gasteiger partial charge >= 0.3 is 0 Å². The smallest absolute Gasteiger partial charge is 0.263 e. The van der Waals surface area contributed by atoms with Crippen molar-refractivity contribution in [3.05, 3.63) is 64.7 Å². The van der Waals surface area contributed by atoms with E-state index in [0.717, 1.165) is 5.56 Å². The number of rotatable bonds is 5. The molecule has 2 aromatic carbocycles. The quantitative estimate of drug-likeness (QED) is 0.858. The Morgan fingerprint density at radius 1 is 1.19 bits per heavy atom. The minimum Gasteiger partial charge on any atom is -0.282 e. The van der Waals surface area contributed by atoms with Crippen LogP contribution >= 0.6 is 11.6 Å². The molecule has 0 saturated heterocycles. The Labute approximate surface area is 127 Å². The van der Waals surface area contributed by atoms with Crippen molar-refractivity contribution in [1.29, 1.82) is 5.26 Å². The fraction of sp³-hybridized carbons (Fsp3) is 0.0714. The summed E-state index contributed by atoms with van der Waals surface area (Å²) in [4.78, 5) is 6.76. The first-order valence-electron chi connectivity index (χ1n) is 5.90. The van der Waals surface area contributed by atoms with Crippen LogP contribution in [-0.2, 0) is 21.5 Å². The maximum Gasteiger partial charge on any atom is 0.263 e. The molecule has 7 heteroatoms. The first-order chi connectivity index (χ1) is 10.0. The summed E-state index contributed by atoms with van der Waals surface area (Å²) in [6, 6.07) is 14.9. The molecule has 2 rings (SSSR count). The van der Waals surface area contributed by atoms with Crippen LogP contribution in [-0.4, -0.2) is 8.42 Å². The summed E-state index contributed by atoms with van der Waals surface area (Å²) in [6.07, 6.45) is 0. The SMILES string of the molecule is N#Cc1ccc(Cl)cc1S(=O)(=O)NOCc1ccccc1. The highest BCUT2D eigenvalue weighted by atomic mass is 35.5. The molecule has 5 nitrogen and oxygen atoms in total. The van der Waals surface area contributed by atoms with Crippen molar-refractivity contribution >= 4 is 21.6 Å². The molecule has 0 aliphatic heterocycles. The van der Waals surface area contributed by atoms with E-state index < -0.39 is 10.0 Å². The lowest BCUT2D eigenvalue weighted by atomic mass is 10.2. The van der Waals surface area contributed by atoms with Crippen LogP contribution in [0.1, 0.15) is 11.1 Å². The number of nitriles is 1. The van der Waals surface area contributed by atoms with Gasteiger partial charge in [0.15, 0.2) is 0 Å². The largest absolute Gasteiger partial charge is 0.282 e. The normalized spacial score (nSPS) is 11.0. The van der Waals surface area contributed by atoms with Crippen LogP contribution in [0.2, 0.25) is 5.02 Å². The topological polar surface area (TPSA) is 79.2 Å². The molecule has 0 aliphatic carbocycles. The zero-order valence-corrected chi connectivity index (χ0v) is 12.4. The van der Waals surface area contributed by atoms with Crippen molar-refractivity contribution in [2.24, 2.45) is 0 Å². The van der Waals surface area contributed by atoms with Crippen LogP contribution in [0.15, 0.2) is 53.4 Å². The third-order valence-corrected chi connectivity index (χ3v) is 4.09. The van der Waals surface area contributed by atoms with E-state index in [1.165, 1.54) is 18.2 Å². The fourth-order valence-corrected chi connectivity index (χ4v) is 2.85. The van der Waals surface area contributed by atoms with Crippen molar-refractivity contribution in [2.75, 3.05) is 0 Å². The maximum absolute atomic E-state index is 12.1. The molecule has 0 radical (unpaired) electrons. The summed E-state index contributed by atoms with van der Waals surface area (Å²) in [7, 11) is -3.97. The highest BCUT2D eigenvalue weighted by molar-refractivity contribution is 7.89. The van der Waals surface area contributed by atoms with E-state index >= 15 is 0 Å². The van der Waals surface area contributed by atoms with E-state index in [4.69, 9.17) is 21.7 Å². The molecule has 0 spiro atoms. The van der Waals surface area contributed by atoms with Gasteiger partial charge in [0.1, 0.15) is 11.0 Å². The summed E-state index contributed by atoms with van der Waals surface area (Å²) in [5, 5.41) is 9.17. The van der Waals surface area contributed by atoms with E-state index in [1.807, 2.05) is 23.1 Å². The van der Waals surface area contributed by atoms with E-state index in [2.05, 4.69) is 0 Å². The second-order valence-electron chi connectivity index (χ2n) is 4.11. The van der Waals surface area contributed by atoms with E-state index in [9.17, 15) is 8.42 Å². The van der Waals surface area contributed by atoms with Crippen LogP contribution < -0.4 is 4.89 Å². The average molecular weight is 323 g/mol. The van der Waals surface area contributed by atoms with E-state index in [-0.39, 0.29) is 22.1 Å². The minimum atomic E-state index is -3.97. The molecule has 0 fully saturated rings. The van der Waals surface area contributed by atoms with Gasteiger partial charge in [-0.05, 0) is 23.8 Å². The molecule has 1 N–H and O–H groups in total. The average Bonchev–Trinajstić information content (AvgIpc) is 2.48. The number of hydrogen-bond donors (Lipinski definition) is 1. The lowest BCUT2D eigenvalue weighted by Crippen LogP contribution is -2.24. The Kier molecular flexibility index (Phi) is 4.94. The molecule has 0 heterocycles. The second-order valence-corrected chi connectivity index (χ2v) is 6.16. The van der Waals surface area contributed by atoms with Crippen LogP contribution in [0, 0.1) is 11.3 Å². The van der Waals surface area contributed by atoms with E-state index in [1.54, 1.807) is 18.2 Å². The van der Waals surface area contributed by atoms with Crippen LogP contribution in [0.4, 0.5) is 0 Å². The fourth-order valence-electron chi connectivity index (χ4n) is 1.62. The lowest BCUT2D eigenvalue weighted by molar-refractivity contribution is 0.0795. The van der Waals surface area contributed by atoms with Gasteiger partial charge in [-0.25, -0.2) is 8.42 Å². The van der Waals surface area contributed by atoms with Gasteiger partial charge in [-0.1, -0.05) is 46.8 Å². The van der Waals surface area contributed by atoms with Gasteiger partial charge in [-0.2, -0.15) is 5.26 Å².